The van der Waals surface area contributed by atoms with E-state index in [1.807, 2.05) is 24.3 Å². The van der Waals surface area contributed by atoms with Gasteiger partial charge in [0.25, 0.3) is 5.69 Å². The monoisotopic (exact) mass is 327 g/mol. The molecule has 0 radical (unpaired) electrons. The van der Waals surface area contributed by atoms with E-state index in [0.717, 1.165) is 27.1 Å². The number of nitrogens with one attached hydrogen (secondary N) is 1. The zero-order chi connectivity index (χ0) is 16.2. The van der Waals surface area contributed by atoms with E-state index in [1.165, 1.54) is 23.9 Å². The second-order valence-corrected chi connectivity index (χ2v) is 5.69. The van der Waals surface area contributed by atoms with Crippen LogP contribution in [-0.2, 0) is 0 Å². The molecule has 0 unspecified atom stereocenters. The zero-order valence-electron chi connectivity index (χ0n) is 12.2. The molecule has 0 bridgehead atoms. The average Bonchev–Trinajstić information content (AvgIpc) is 3.04. The summed E-state index contributed by atoms with van der Waals surface area (Å²) in [5, 5.41) is 11.4. The number of aromatic amines is 1. The van der Waals surface area contributed by atoms with Crippen LogP contribution in [0.1, 0.15) is 0 Å². The van der Waals surface area contributed by atoms with Crippen molar-refractivity contribution in [3.05, 3.63) is 64.8 Å². The number of benzene rings is 2. The Morgan fingerprint density at radius 2 is 1.91 bits per heavy atom. The second kappa shape index (κ2) is 6.53. The van der Waals surface area contributed by atoms with Gasteiger partial charge in [-0.2, -0.15) is 0 Å². The summed E-state index contributed by atoms with van der Waals surface area (Å²) in [6, 6.07) is 14.0. The fraction of sp³-hybridized carbons (Fsp3) is 0.0625. The van der Waals surface area contributed by atoms with Crippen LogP contribution in [-0.4, -0.2) is 22.0 Å². The first kappa shape index (κ1) is 15.1. The maximum absolute atomic E-state index is 10.7. The molecule has 0 atom stereocenters. The molecule has 0 aliphatic heterocycles. The molecule has 23 heavy (non-hydrogen) atoms. The van der Waals surface area contributed by atoms with Gasteiger partial charge >= 0.3 is 0 Å². The largest absolute Gasteiger partial charge is 0.496 e. The Bertz CT molecular complexity index is 831. The summed E-state index contributed by atoms with van der Waals surface area (Å²) in [5.41, 5.74) is 1.71. The molecule has 0 aliphatic carbocycles. The lowest BCUT2D eigenvalue weighted by molar-refractivity contribution is -0.384. The summed E-state index contributed by atoms with van der Waals surface area (Å²) in [6.07, 6.45) is 1.71. The summed E-state index contributed by atoms with van der Waals surface area (Å²) in [5.74, 6) is 0.783. The molecule has 116 valence electrons. The lowest BCUT2D eigenvalue weighted by Gasteiger charge is -2.05. The Hall–Kier alpha value is -2.80. The van der Waals surface area contributed by atoms with E-state index in [4.69, 9.17) is 4.74 Å². The lowest BCUT2D eigenvalue weighted by atomic mass is 10.1. The molecule has 3 aromatic rings. The highest BCUT2D eigenvalue weighted by Gasteiger charge is 2.10. The number of nitrogens with zero attached hydrogens (tertiary/aromatic N) is 2. The van der Waals surface area contributed by atoms with Gasteiger partial charge in [0.15, 0.2) is 5.16 Å². The van der Waals surface area contributed by atoms with Crippen molar-refractivity contribution in [2.75, 3.05) is 7.11 Å². The van der Waals surface area contributed by atoms with Crippen LogP contribution in [0.3, 0.4) is 0 Å². The van der Waals surface area contributed by atoms with Gasteiger partial charge in [0.05, 0.1) is 28.8 Å². The fourth-order valence-corrected chi connectivity index (χ4v) is 2.94. The Kier molecular flexibility index (Phi) is 4.29. The van der Waals surface area contributed by atoms with E-state index in [1.54, 1.807) is 25.4 Å². The quantitative estimate of drug-likeness (QED) is 0.562. The first-order valence-corrected chi connectivity index (χ1v) is 7.60. The highest BCUT2D eigenvalue weighted by Crippen LogP contribution is 2.34. The van der Waals surface area contributed by atoms with Crippen molar-refractivity contribution in [3.8, 4) is 17.0 Å². The number of para-hydroxylation sites is 1. The van der Waals surface area contributed by atoms with Crippen molar-refractivity contribution < 1.29 is 9.66 Å². The topological polar surface area (TPSA) is 81.1 Å². The number of hydrogen-bond acceptors (Lipinski definition) is 5. The SMILES string of the molecule is COc1ccccc1Sc1ncc(-c2ccc([N+](=O)[O-])cc2)[nH]1. The van der Waals surface area contributed by atoms with E-state index in [0.29, 0.717) is 0 Å². The number of ether oxygens (including phenoxy) is 1. The number of non-ortho nitro benzene ring substituents is 1. The van der Waals surface area contributed by atoms with Gasteiger partial charge < -0.3 is 9.72 Å². The highest BCUT2D eigenvalue weighted by molar-refractivity contribution is 7.99. The molecule has 1 heterocycles. The maximum Gasteiger partial charge on any atom is 0.269 e. The number of rotatable bonds is 5. The van der Waals surface area contributed by atoms with Gasteiger partial charge in [-0.05, 0) is 36.0 Å². The van der Waals surface area contributed by atoms with Crippen molar-refractivity contribution in [2.45, 2.75) is 10.1 Å². The Labute approximate surface area is 136 Å². The Morgan fingerprint density at radius 1 is 1.17 bits per heavy atom. The second-order valence-electron chi connectivity index (χ2n) is 4.66. The molecule has 0 fully saturated rings. The average molecular weight is 327 g/mol. The minimum absolute atomic E-state index is 0.0666. The van der Waals surface area contributed by atoms with Gasteiger partial charge in [-0.3, -0.25) is 10.1 Å². The van der Waals surface area contributed by atoms with Crippen molar-refractivity contribution in [1.82, 2.24) is 9.97 Å². The first-order valence-electron chi connectivity index (χ1n) is 6.78. The van der Waals surface area contributed by atoms with Gasteiger partial charge in [0, 0.05) is 17.7 Å². The van der Waals surface area contributed by atoms with Crippen LogP contribution in [0.4, 0.5) is 5.69 Å². The molecular weight excluding hydrogens is 314 g/mol. The van der Waals surface area contributed by atoms with Gasteiger partial charge in [-0.1, -0.05) is 12.1 Å². The van der Waals surface area contributed by atoms with Gasteiger partial charge in [0.1, 0.15) is 5.75 Å². The van der Waals surface area contributed by atoms with Crippen molar-refractivity contribution >= 4 is 17.4 Å². The van der Waals surface area contributed by atoms with Crippen LogP contribution in [0.5, 0.6) is 5.75 Å². The third kappa shape index (κ3) is 3.35. The molecule has 3 rings (SSSR count). The molecule has 0 saturated carbocycles. The summed E-state index contributed by atoms with van der Waals surface area (Å²) >= 11 is 1.46. The van der Waals surface area contributed by atoms with Crippen LogP contribution in [0.2, 0.25) is 0 Å². The zero-order valence-corrected chi connectivity index (χ0v) is 13.0. The predicted octanol–water partition coefficient (Wildman–Crippen LogP) is 4.14. The number of hydrogen-bond donors (Lipinski definition) is 1. The predicted molar refractivity (Wildman–Crippen MR) is 87.8 cm³/mol. The molecule has 0 amide bonds. The molecule has 0 saturated heterocycles. The van der Waals surface area contributed by atoms with Crippen molar-refractivity contribution in [2.24, 2.45) is 0 Å². The molecule has 0 spiro atoms. The molecule has 1 aromatic heterocycles. The smallest absolute Gasteiger partial charge is 0.269 e. The fourth-order valence-electron chi connectivity index (χ4n) is 2.07. The molecule has 7 heteroatoms. The van der Waals surface area contributed by atoms with E-state index in [2.05, 4.69) is 9.97 Å². The van der Waals surface area contributed by atoms with Crippen LogP contribution in [0.15, 0.2) is 64.8 Å². The molecule has 2 aromatic carbocycles. The number of imidazole rings is 1. The third-order valence-corrected chi connectivity index (χ3v) is 4.18. The van der Waals surface area contributed by atoms with Gasteiger partial charge in [0.2, 0.25) is 0 Å². The van der Waals surface area contributed by atoms with Crippen LogP contribution in [0, 0.1) is 10.1 Å². The maximum atomic E-state index is 10.7. The molecule has 6 nitrogen and oxygen atoms in total. The Balaban J connectivity index is 1.81. The molecule has 1 N–H and O–H groups in total. The highest BCUT2D eigenvalue weighted by atomic mass is 32.2. The minimum atomic E-state index is -0.417. The van der Waals surface area contributed by atoms with Crippen LogP contribution in [0.25, 0.3) is 11.3 Å². The lowest BCUT2D eigenvalue weighted by Crippen LogP contribution is -1.87. The Morgan fingerprint density at radius 3 is 2.61 bits per heavy atom. The van der Waals surface area contributed by atoms with Crippen molar-refractivity contribution in [1.29, 1.82) is 0 Å². The van der Waals surface area contributed by atoms with E-state index in [9.17, 15) is 10.1 Å². The number of methoxy groups -OCH3 is 1. The standard InChI is InChI=1S/C16H13N3O3S/c1-22-14-4-2-3-5-15(14)23-16-17-10-13(18-16)11-6-8-12(9-7-11)19(20)21/h2-10H,1H3,(H,17,18). The minimum Gasteiger partial charge on any atom is -0.496 e. The first-order chi connectivity index (χ1) is 11.2. The summed E-state index contributed by atoms with van der Waals surface area (Å²) in [6.45, 7) is 0. The third-order valence-electron chi connectivity index (χ3n) is 3.22. The summed E-state index contributed by atoms with van der Waals surface area (Å²) < 4.78 is 5.32. The molecule has 0 aliphatic rings. The summed E-state index contributed by atoms with van der Waals surface area (Å²) in [7, 11) is 1.63. The van der Waals surface area contributed by atoms with E-state index >= 15 is 0 Å². The van der Waals surface area contributed by atoms with E-state index in [-0.39, 0.29) is 5.69 Å². The van der Waals surface area contributed by atoms with E-state index < -0.39 is 4.92 Å². The number of aromatic nitrogens is 2. The normalized spacial score (nSPS) is 10.5. The number of H-pyrrole nitrogens is 1. The van der Waals surface area contributed by atoms with Crippen LogP contribution >= 0.6 is 11.8 Å². The van der Waals surface area contributed by atoms with Crippen LogP contribution < -0.4 is 4.74 Å². The molecular formula is C16H13N3O3S. The van der Waals surface area contributed by atoms with Gasteiger partial charge in [-0.25, -0.2) is 4.98 Å². The van der Waals surface area contributed by atoms with Crippen molar-refractivity contribution in [3.63, 3.8) is 0 Å². The number of nitro benzene ring substituents is 1. The summed E-state index contributed by atoms with van der Waals surface area (Å²) in [4.78, 5) is 18.8. The number of nitro groups is 1. The van der Waals surface area contributed by atoms with Gasteiger partial charge in [-0.15, -0.1) is 0 Å².